The largest absolute Gasteiger partial charge is 1.00 e. The number of hydrogen-bond donors (Lipinski definition) is 0. The van der Waals surface area contributed by atoms with E-state index in [2.05, 4.69) is 0 Å². The third kappa shape index (κ3) is 4.58. The maximum Gasteiger partial charge on any atom is 1.00 e. The van der Waals surface area contributed by atoms with Crippen molar-refractivity contribution in [1.82, 2.24) is 0 Å². The van der Waals surface area contributed by atoms with Gasteiger partial charge in [-0.1, -0.05) is 11.6 Å². The Morgan fingerprint density at radius 1 is 1.38 bits per heavy atom. The summed E-state index contributed by atoms with van der Waals surface area (Å²) in [6.45, 7) is 1.66. The van der Waals surface area contributed by atoms with Crippen molar-refractivity contribution in [3.63, 3.8) is 0 Å². The number of nitro groups is 1. The van der Waals surface area contributed by atoms with Crippen LogP contribution in [0.25, 0.3) is 0 Å². The molecule has 0 bridgehead atoms. The van der Waals surface area contributed by atoms with Crippen LogP contribution in [0.1, 0.15) is 11.1 Å². The molecule has 16 heavy (non-hydrogen) atoms. The van der Waals surface area contributed by atoms with Gasteiger partial charge >= 0.3 is 29.6 Å². The van der Waals surface area contributed by atoms with Gasteiger partial charge in [-0.15, -0.1) is 0 Å². The number of nitrogens with zero attached hydrogens (tertiary/aromatic N) is 1. The Morgan fingerprint density at radius 3 is 2.38 bits per heavy atom. The summed E-state index contributed by atoms with van der Waals surface area (Å²) in [6.07, 6.45) is 0. The summed E-state index contributed by atoms with van der Waals surface area (Å²) >= 11 is 0. The Kier molecular flexibility index (Phi) is 5.57. The SMILES string of the molecule is Cc1ccc([N+](=O)[O-])c(CS(=O)(=O)[O-])c1.[Na+]. The second kappa shape index (κ2) is 5.74. The number of aryl methyl sites for hydroxylation is 1. The smallest absolute Gasteiger partial charge is 0.748 e. The molecule has 0 fully saturated rings. The first-order chi connectivity index (χ1) is 6.79. The van der Waals surface area contributed by atoms with Crippen LogP contribution in [0, 0.1) is 17.0 Å². The molecule has 1 aromatic rings. The van der Waals surface area contributed by atoms with Crippen molar-refractivity contribution in [3.05, 3.63) is 39.4 Å². The summed E-state index contributed by atoms with van der Waals surface area (Å²) in [4.78, 5) is 9.82. The fourth-order valence-corrected chi connectivity index (χ4v) is 1.81. The summed E-state index contributed by atoms with van der Waals surface area (Å²) in [7, 11) is -4.50. The standard InChI is InChI=1S/C8H9NO5S.Na/c1-6-2-3-8(9(10)11)7(4-6)5-15(12,13)14;/h2-4H,5H2,1H3,(H,12,13,14);/q;+1/p-1. The second-order valence-corrected chi connectivity index (χ2v) is 4.50. The zero-order valence-electron chi connectivity index (χ0n) is 8.84. The molecule has 0 spiro atoms. The molecule has 1 aromatic carbocycles. The van der Waals surface area contributed by atoms with E-state index in [9.17, 15) is 23.1 Å². The Labute approximate surface area is 115 Å². The van der Waals surface area contributed by atoms with Gasteiger partial charge in [0.15, 0.2) is 0 Å². The Hall–Kier alpha value is -0.470. The van der Waals surface area contributed by atoms with Gasteiger partial charge in [0.05, 0.1) is 20.8 Å². The summed E-state index contributed by atoms with van der Waals surface area (Å²) in [6, 6.07) is 4.00. The average molecular weight is 253 g/mol. The van der Waals surface area contributed by atoms with Crippen molar-refractivity contribution >= 4 is 15.8 Å². The van der Waals surface area contributed by atoms with Crippen LogP contribution in [0.4, 0.5) is 5.69 Å². The van der Waals surface area contributed by atoms with Crippen molar-refractivity contribution in [3.8, 4) is 0 Å². The van der Waals surface area contributed by atoms with Crippen LogP contribution in [-0.2, 0) is 15.9 Å². The number of rotatable bonds is 3. The summed E-state index contributed by atoms with van der Waals surface area (Å²) in [5.41, 5.74) is 0.245. The molecule has 0 unspecified atom stereocenters. The minimum atomic E-state index is -4.50. The van der Waals surface area contributed by atoms with Crippen LogP contribution in [-0.4, -0.2) is 17.9 Å². The maximum atomic E-state index is 10.5. The van der Waals surface area contributed by atoms with Crippen molar-refractivity contribution < 1.29 is 47.5 Å². The normalized spacial score (nSPS) is 10.6. The van der Waals surface area contributed by atoms with Gasteiger partial charge in [-0.05, 0) is 13.0 Å². The van der Waals surface area contributed by atoms with E-state index in [1.807, 2.05) is 0 Å². The van der Waals surface area contributed by atoms with Gasteiger partial charge in [-0.3, -0.25) is 10.1 Å². The molecule has 0 heterocycles. The zero-order chi connectivity index (χ0) is 11.6. The molecule has 82 valence electrons. The number of hydrogen-bond acceptors (Lipinski definition) is 5. The molecular weight excluding hydrogens is 245 g/mol. The molecule has 0 aromatic heterocycles. The molecule has 0 atom stereocenters. The molecule has 0 N–H and O–H groups in total. The minimum Gasteiger partial charge on any atom is -0.748 e. The third-order valence-electron chi connectivity index (χ3n) is 1.76. The van der Waals surface area contributed by atoms with Crippen LogP contribution >= 0.6 is 0 Å². The Morgan fingerprint density at radius 2 is 1.94 bits per heavy atom. The fourth-order valence-electron chi connectivity index (χ4n) is 1.20. The van der Waals surface area contributed by atoms with Crippen LogP contribution < -0.4 is 29.6 Å². The van der Waals surface area contributed by atoms with E-state index in [4.69, 9.17) is 0 Å². The predicted molar refractivity (Wildman–Crippen MR) is 51.2 cm³/mol. The molecule has 0 amide bonds. The summed E-state index contributed by atoms with van der Waals surface area (Å²) in [5.74, 6) is -0.856. The van der Waals surface area contributed by atoms with Gasteiger partial charge in [-0.25, -0.2) is 8.42 Å². The van der Waals surface area contributed by atoms with E-state index >= 15 is 0 Å². The van der Waals surface area contributed by atoms with Gasteiger partial charge in [0.2, 0.25) is 0 Å². The number of nitro benzene ring substituents is 1. The first-order valence-corrected chi connectivity index (χ1v) is 5.55. The molecule has 1 rings (SSSR count). The minimum absolute atomic E-state index is 0. The van der Waals surface area contributed by atoms with E-state index in [0.29, 0.717) is 5.56 Å². The first-order valence-electron chi connectivity index (χ1n) is 3.97. The van der Waals surface area contributed by atoms with E-state index < -0.39 is 20.8 Å². The Balaban J connectivity index is 0.00000225. The molecule has 6 nitrogen and oxygen atoms in total. The topological polar surface area (TPSA) is 100 Å². The van der Waals surface area contributed by atoms with Crippen LogP contribution in [0.5, 0.6) is 0 Å². The fraction of sp³-hybridized carbons (Fsp3) is 0.250. The molecule has 0 saturated heterocycles. The van der Waals surface area contributed by atoms with Gasteiger partial charge in [0.1, 0.15) is 0 Å². The maximum absolute atomic E-state index is 10.5. The van der Waals surface area contributed by atoms with E-state index in [1.54, 1.807) is 6.92 Å². The van der Waals surface area contributed by atoms with Crippen molar-refractivity contribution in [2.24, 2.45) is 0 Å². The molecule has 0 aliphatic carbocycles. The summed E-state index contributed by atoms with van der Waals surface area (Å²) in [5, 5.41) is 10.5. The molecular formula is C8H8NNaO5S. The van der Waals surface area contributed by atoms with Gasteiger partial charge < -0.3 is 4.55 Å². The molecule has 0 radical (unpaired) electrons. The van der Waals surface area contributed by atoms with Gasteiger partial charge in [-0.2, -0.15) is 0 Å². The van der Waals surface area contributed by atoms with E-state index in [-0.39, 0.29) is 40.8 Å². The second-order valence-electron chi connectivity index (χ2n) is 3.09. The quantitative estimate of drug-likeness (QED) is 0.267. The predicted octanol–water partition coefficient (Wildman–Crippen LogP) is -2.05. The van der Waals surface area contributed by atoms with Crippen LogP contribution in [0.15, 0.2) is 18.2 Å². The van der Waals surface area contributed by atoms with Crippen molar-refractivity contribution in [1.29, 1.82) is 0 Å². The molecule has 0 aliphatic rings. The van der Waals surface area contributed by atoms with Crippen molar-refractivity contribution in [2.45, 2.75) is 12.7 Å². The van der Waals surface area contributed by atoms with E-state index in [1.165, 1.54) is 18.2 Å². The summed E-state index contributed by atoms with van der Waals surface area (Å²) < 4.78 is 31.5. The van der Waals surface area contributed by atoms with Crippen LogP contribution in [0.3, 0.4) is 0 Å². The third-order valence-corrected chi connectivity index (χ3v) is 2.43. The first kappa shape index (κ1) is 15.5. The molecule has 0 saturated carbocycles. The van der Waals surface area contributed by atoms with E-state index in [0.717, 1.165) is 0 Å². The van der Waals surface area contributed by atoms with Crippen molar-refractivity contribution in [2.75, 3.05) is 0 Å². The average Bonchev–Trinajstić information content (AvgIpc) is 1.99. The monoisotopic (exact) mass is 253 g/mol. The van der Waals surface area contributed by atoms with Gasteiger partial charge in [0, 0.05) is 11.6 Å². The van der Waals surface area contributed by atoms with Gasteiger partial charge in [0.25, 0.3) is 5.69 Å². The molecule has 0 aliphatic heterocycles. The molecule has 8 heteroatoms. The zero-order valence-corrected chi connectivity index (χ0v) is 11.7. The Bertz CT molecular complexity index is 499. The van der Waals surface area contributed by atoms with Crippen LogP contribution in [0.2, 0.25) is 0 Å². The number of benzene rings is 1.